The van der Waals surface area contributed by atoms with Gasteiger partial charge in [-0.25, -0.2) is 4.72 Å². The number of benzene rings is 1. The lowest BCUT2D eigenvalue weighted by Crippen LogP contribution is -2.36. The lowest BCUT2D eigenvalue weighted by Gasteiger charge is -2.21. The standard InChI is InChI=1S/C20H21N3O3S2/c1-2-14-3-6-16(21-12-14)9-10-26-17-7-4-15(5-8-17)11-20(28-13-22-28)18(24)23-19(25)27-20/h3-8,12-13,22H,2,9-11H2,1H3,(H,23,24,25). The van der Waals surface area contributed by atoms with Crippen LogP contribution in [0.25, 0.3) is 0 Å². The van der Waals surface area contributed by atoms with Gasteiger partial charge in [-0.15, -0.1) is 0 Å². The molecule has 0 bridgehead atoms. The molecule has 2 atom stereocenters. The number of ether oxygens (including phenoxy) is 1. The fraction of sp³-hybridized carbons (Fsp3) is 0.300. The van der Waals surface area contributed by atoms with Gasteiger partial charge in [0.15, 0.2) is 4.08 Å². The van der Waals surface area contributed by atoms with Gasteiger partial charge in [0, 0.05) is 30.2 Å². The molecule has 1 saturated heterocycles. The van der Waals surface area contributed by atoms with Crippen molar-refractivity contribution in [1.82, 2.24) is 15.0 Å². The Hall–Kier alpha value is -2.16. The van der Waals surface area contributed by atoms with Gasteiger partial charge in [-0.3, -0.25) is 19.9 Å². The highest BCUT2D eigenvalue weighted by Gasteiger charge is 2.52. The predicted molar refractivity (Wildman–Crippen MR) is 114 cm³/mol. The first-order chi connectivity index (χ1) is 13.6. The van der Waals surface area contributed by atoms with Crippen molar-refractivity contribution in [2.24, 2.45) is 0 Å². The van der Waals surface area contributed by atoms with E-state index < -0.39 is 4.08 Å². The van der Waals surface area contributed by atoms with Crippen LogP contribution < -0.4 is 14.8 Å². The molecule has 2 aliphatic heterocycles. The minimum atomic E-state index is -0.768. The number of hydrogen-bond donors (Lipinski definition) is 2. The Bertz CT molecular complexity index is 929. The van der Waals surface area contributed by atoms with Crippen molar-refractivity contribution in [2.45, 2.75) is 30.3 Å². The highest BCUT2D eigenvalue weighted by Crippen LogP contribution is 2.50. The van der Waals surface area contributed by atoms with Crippen LogP contribution in [0.5, 0.6) is 5.75 Å². The number of aryl methyl sites for hydroxylation is 1. The average molecular weight is 416 g/mol. The number of thioether (sulfide) groups is 1. The number of rotatable bonds is 8. The molecule has 1 aromatic carbocycles. The van der Waals surface area contributed by atoms with E-state index in [1.807, 2.05) is 42.0 Å². The maximum Gasteiger partial charge on any atom is 0.287 e. The first-order valence-electron chi connectivity index (χ1n) is 9.12. The molecule has 3 heterocycles. The Kier molecular flexibility index (Phi) is 5.52. The van der Waals surface area contributed by atoms with Gasteiger partial charge < -0.3 is 4.74 Å². The fourth-order valence-corrected chi connectivity index (χ4v) is 5.87. The number of amides is 2. The zero-order valence-corrected chi connectivity index (χ0v) is 17.1. The van der Waals surface area contributed by atoms with Crippen LogP contribution in [0.2, 0.25) is 0 Å². The highest BCUT2D eigenvalue weighted by molar-refractivity contribution is 8.35. The molecule has 6 nitrogen and oxygen atoms in total. The Balaban J connectivity index is 1.34. The maximum absolute atomic E-state index is 12.3. The first-order valence-corrected chi connectivity index (χ1v) is 11.2. The lowest BCUT2D eigenvalue weighted by molar-refractivity contribution is -0.119. The molecule has 2 N–H and O–H groups in total. The van der Waals surface area contributed by atoms with E-state index in [4.69, 9.17) is 4.74 Å². The summed E-state index contributed by atoms with van der Waals surface area (Å²) in [6.45, 7) is 2.66. The van der Waals surface area contributed by atoms with Gasteiger partial charge in [0.05, 0.1) is 6.61 Å². The van der Waals surface area contributed by atoms with E-state index in [0.717, 1.165) is 41.6 Å². The Labute approximate surface area is 170 Å². The summed E-state index contributed by atoms with van der Waals surface area (Å²) in [6.07, 6.45) is 4.14. The van der Waals surface area contributed by atoms with E-state index in [-0.39, 0.29) is 21.8 Å². The van der Waals surface area contributed by atoms with Crippen molar-refractivity contribution in [1.29, 1.82) is 0 Å². The van der Waals surface area contributed by atoms with E-state index in [9.17, 15) is 9.59 Å². The van der Waals surface area contributed by atoms with Crippen LogP contribution in [0.15, 0.2) is 42.6 Å². The molecule has 28 heavy (non-hydrogen) atoms. The molecule has 2 unspecified atom stereocenters. The van der Waals surface area contributed by atoms with E-state index in [2.05, 4.69) is 28.0 Å². The Morgan fingerprint density at radius 1 is 1.14 bits per heavy atom. The summed E-state index contributed by atoms with van der Waals surface area (Å²) in [5.74, 6) is 0.565. The second kappa shape index (κ2) is 8.06. The van der Waals surface area contributed by atoms with E-state index in [1.54, 1.807) is 0 Å². The molecule has 8 heteroatoms. The number of imide groups is 1. The predicted octanol–water partition coefficient (Wildman–Crippen LogP) is 3.03. The molecule has 0 radical (unpaired) electrons. The van der Waals surface area contributed by atoms with Crippen LogP contribution in [-0.4, -0.2) is 32.3 Å². The smallest absolute Gasteiger partial charge is 0.287 e. The Morgan fingerprint density at radius 2 is 1.89 bits per heavy atom. The zero-order chi connectivity index (χ0) is 19.6. The summed E-state index contributed by atoms with van der Waals surface area (Å²) >= 11 is 1.09. The molecule has 146 valence electrons. The second-order valence-corrected chi connectivity index (χ2v) is 9.97. The van der Waals surface area contributed by atoms with Crippen LogP contribution in [0.3, 0.4) is 0 Å². The first kappa shape index (κ1) is 19.2. The minimum absolute atomic E-state index is 0.214. The highest BCUT2D eigenvalue weighted by atomic mass is 32.2. The third kappa shape index (κ3) is 4.14. The molecule has 4 rings (SSSR count). The van der Waals surface area contributed by atoms with Crippen LogP contribution in [0, 0.1) is 0 Å². The third-order valence-electron chi connectivity index (χ3n) is 4.69. The number of nitrogens with one attached hydrogen (secondary N) is 2. The summed E-state index contributed by atoms with van der Waals surface area (Å²) in [5.41, 5.74) is 5.12. The van der Waals surface area contributed by atoms with Crippen LogP contribution in [0.4, 0.5) is 4.79 Å². The number of aromatic nitrogens is 1. The van der Waals surface area contributed by atoms with Crippen molar-refractivity contribution < 1.29 is 14.3 Å². The topological polar surface area (TPSA) is 90.2 Å². The molecule has 0 saturated carbocycles. The van der Waals surface area contributed by atoms with Crippen LogP contribution in [-0.2, 0) is 24.1 Å². The largest absolute Gasteiger partial charge is 0.493 e. The van der Waals surface area contributed by atoms with E-state index in [1.165, 1.54) is 5.56 Å². The van der Waals surface area contributed by atoms with Crippen molar-refractivity contribution in [3.05, 3.63) is 59.4 Å². The normalized spacial score (nSPS) is 23.2. The molecule has 0 aliphatic carbocycles. The van der Waals surface area contributed by atoms with Crippen molar-refractivity contribution in [3.8, 4) is 5.75 Å². The lowest BCUT2D eigenvalue weighted by atomic mass is 10.1. The number of carbonyl (C=O) groups excluding carboxylic acids is 2. The van der Waals surface area contributed by atoms with E-state index in [0.29, 0.717) is 13.0 Å². The van der Waals surface area contributed by atoms with Gasteiger partial charge >= 0.3 is 0 Å². The molecule has 2 aliphatic rings. The summed E-state index contributed by atoms with van der Waals surface area (Å²) in [6, 6.07) is 11.9. The molecule has 2 aromatic rings. The third-order valence-corrected chi connectivity index (χ3v) is 7.94. The van der Waals surface area contributed by atoms with Gasteiger partial charge in [0.1, 0.15) is 5.75 Å². The Morgan fingerprint density at radius 3 is 2.46 bits per heavy atom. The van der Waals surface area contributed by atoms with Crippen molar-refractivity contribution in [2.75, 3.05) is 6.61 Å². The van der Waals surface area contributed by atoms with Crippen molar-refractivity contribution in [3.63, 3.8) is 0 Å². The maximum atomic E-state index is 12.3. The number of nitrogens with zero attached hydrogens (tertiary/aromatic N) is 1. The molecule has 0 spiro atoms. The zero-order valence-electron chi connectivity index (χ0n) is 15.4. The van der Waals surface area contributed by atoms with Gasteiger partial charge in [-0.1, -0.05) is 35.8 Å². The average Bonchev–Trinajstić information content (AvgIpc) is 3.51. The summed E-state index contributed by atoms with van der Waals surface area (Å²) < 4.78 is 8.14. The summed E-state index contributed by atoms with van der Waals surface area (Å²) in [5, 5.41) is 2.14. The quantitative estimate of drug-likeness (QED) is 0.644. The summed E-state index contributed by atoms with van der Waals surface area (Å²) in [7, 11) is -0.368. The summed E-state index contributed by atoms with van der Waals surface area (Å²) in [4.78, 5) is 28.5. The van der Waals surface area contributed by atoms with Gasteiger partial charge in [0.2, 0.25) is 0 Å². The molecule has 1 fully saturated rings. The fourth-order valence-electron chi connectivity index (χ4n) is 3.02. The van der Waals surface area contributed by atoms with Gasteiger partial charge in [-0.2, -0.15) is 0 Å². The molecule has 1 aromatic heterocycles. The van der Waals surface area contributed by atoms with E-state index >= 15 is 0 Å². The molecule has 2 amide bonds. The number of pyridine rings is 1. The second-order valence-electron chi connectivity index (χ2n) is 6.60. The van der Waals surface area contributed by atoms with Crippen molar-refractivity contribution >= 4 is 39.1 Å². The monoisotopic (exact) mass is 415 g/mol. The van der Waals surface area contributed by atoms with Gasteiger partial charge in [0.25, 0.3) is 11.1 Å². The number of carbonyl (C=O) groups is 2. The van der Waals surface area contributed by atoms with Gasteiger partial charge in [-0.05, 0) is 47.5 Å². The SMILES string of the molecule is CCc1ccc(CCOc2ccc(CC3(S4=CN4)SC(=O)NC3=O)cc2)nc1. The molecular formula is C20H21N3O3S2. The van der Waals surface area contributed by atoms with Crippen LogP contribution in [0.1, 0.15) is 23.7 Å². The molecular weight excluding hydrogens is 394 g/mol. The minimum Gasteiger partial charge on any atom is -0.493 e. The number of hydrogen-bond acceptors (Lipinski definition) is 6. The van der Waals surface area contributed by atoms with Crippen LogP contribution >= 0.6 is 22.4 Å².